The molecule has 0 aliphatic heterocycles. The van der Waals surface area contributed by atoms with Gasteiger partial charge < -0.3 is 19.5 Å². The largest absolute Gasteiger partial charge is 0.497 e. The topological polar surface area (TPSA) is 56.8 Å². The summed E-state index contributed by atoms with van der Waals surface area (Å²) < 4.78 is 40.1. The maximum absolute atomic E-state index is 12.6. The lowest BCUT2D eigenvalue weighted by molar-refractivity contribution is -0.0498. The van der Waals surface area contributed by atoms with Gasteiger partial charge in [0.05, 0.1) is 24.4 Å². The lowest BCUT2D eigenvalue weighted by Gasteiger charge is -2.15. The molecule has 9 heteroatoms. The van der Waals surface area contributed by atoms with Crippen molar-refractivity contribution in [3.8, 4) is 17.2 Å². The van der Waals surface area contributed by atoms with Crippen molar-refractivity contribution in [1.82, 2.24) is 0 Å². The molecule has 1 N–H and O–H groups in total. The predicted octanol–water partition coefficient (Wildman–Crippen LogP) is 4.97. The number of carbonyl (C=O) groups is 1. The predicted molar refractivity (Wildman–Crippen MR) is 93.3 cm³/mol. The summed E-state index contributed by atoms with van der Waals surface area (Å²) in [5, 5.41) is 2.72. The van der Waals surface area contributed by atoms with Gasteiger partial charge in [-0.25, -0.2) is 0 Å². The zero-order valence-electron chi connectivity index (χ0n) is 13.1. The quantitative estimate of drug-likeness (QED) is 0.694. The van der Waals surface area contributed by atoms with Crippen molar-refractivity contribution in [3.05, 3.63) is 45.4 Å². The number of ether oxygens (including phenoxy) is 3. The highest BCUT2D eigenvalue weighted by molar-refractivity contribution is 9.10. The molecule has 0 aliphatic rings. The van der Waals surface area contributed by atoms with Crippen molar-refractivity contribution in [3.63, 3.8) is 0 Å². The number of hydrogen-bond acceptors (Lipinski definition) is 4. The number of hydrogen-bond donors (Lipinski definition) is 1. The van der Waals surface area contributed by atoms with Gasteiger partial charge in [-0.15, -0.1) is 0 Å². The molecule has 2 rings (SSSR count). The first-order valence-electron chi connectivity index (χ1n) is 6.82. The van der Waals surface area contributed by atoms with Crippen LogP contribution >= 0.6 is 27.5 Å². The molecule has 134 valence electrons. The summed E-state index contributed by atoms with van der Waals surface area (Å²) in [5.41, 5.74) is 0.196. The summed E-state index contributed by atoms with van der Waals surface area (Å²) in [7, 11) is 2.89. The van der Waals surface area contributed by atoms with Crippen molar-refractivity contribution >= 4 is 39.1 Å². The highest BCUT2D eigenvalue weighted by atomic mass is 79.9. The van der Waals surface area contributed by atoms with Crippen LogP contribution in [0.2, 0.25) is 5.02 Å². The molecule has 0 bridgehead atoms. The SMILES string of the molecule is COc1cc(OC)cc(C(=O)Nc2cc(Cl)cc(Br)c2OC(F)F)c1. The van der Waals surface area contributed by atoms with Gasteiger partial charge in [0.1, 0.15) is 11.5 Å². The molecule has 0 heterocycles. The molecule has 0 spiro atoms. The van der Waals surface area contributed by atoms with E-state index in [9.17, 15) is 13.6 Å². The molecule has 0 radical (unpaired) electrons. The molecule has 0 fully saturated rings. The summed E-state index contributed by atoms with van der Waals surface area (Å²) in [4.78, 5) is 12.5. The van der Waals surface area contributed by atoms with Crippen LogP contribution in [0.25, 0.3) is 0 Å². The normalized spacial score (nSPS) is 10.5. The molecule has 0 aliphatic carbocycles. The zero-order chi connectivity index (χ0) is 18.6. The first-order valence-corrected chi connectivity index (χ1v) is 7.99. The Kier molecular flexibility index (Phi) is 6.44. The molecule has 0 atom stereocenters. The van der Waals surface area contributed by atoms with Crippen LogP contribution < -0.4 is 19.5 Å². The minimum Gasteiger partial charge on any atom is -0.497 e. The van der Waals surface area contributed by atoms with Gasteiger partial charge >= 0.3 is 6.61 Å². The van der Waals surface area contributed by atoms with E-state index in [-0.39, 0.29) is 26.5 Å². The number of nitrogens with one attached hydrogen (secondary N) is 1. The highest BCUT2D eigenvalue weighted by Gasteiger charge is 2.18. The van der Waals surface area contributed by atoms with Gasteiger partial charge in [-0.1, -0.05) is 11.6 Å². The van der Waals surface area contributed by atoms with E-state index >= 15 is 0 Å². The summed E-state index contributed by atoms with van der Waals surface area (Å²) >= 11 is 9.00. The number of amides is 1. The lowest BCUT2D eigenvalue weighted by Crippen LogP contribution is -2.14. The second kappa shape index (κ2) is 8.35. The van der Waals surface area contributed by atoms with Crippen LogP contribution in [0.4, 0.5) is 14.5 Å². The van der Waals surface area contributed by atoms with E-state index in [0.717, 1.165) is 0 Å². The maximum Gasteiger partial charge on any atom is 0.387 e. The van der Waals surface area contributed by atoms with E-state index in [1.54, 1.807) is 6.07 Å². The van der Waals surface area contributed by atoms with Gasteiger partial charge in [0.2, 0.25) is 0 Å². The Morgan fingerprint density at radius 3 is 2.24 bits per heavy atom. The van der Waals surface area contributed by atoms with Crippen LogP contribution in [0.1, 0.15) is 10.4 Å². The summed E-state index contributed by atoms with van der Waals surface area (Å²) in [6, 6.07) is 7.23. The lowest BCUT2D eigenvalue weighted by atomic mass is 10.1. The Labute approximate surface area is 156 Å². The second-order valence-electron chi connectivity index (χ2n) is 4.70. The molecule has 0 unspecified atom stereocenters. The Balaban J connectivity index is 2.37. The van der Waals surface area contributed by atoms with E-state index in [0.29, 0.717) is 11.5 Å². The van der Waals surface area contributed by atoms with Gasteiger partial charge in [-0.3, -0.25) is 4.79 Å². The molecule has 5 nitrogen and oxygen atoms in total. The molecule has 0 aromatic heterocycles. The number of anilines is 1. The third-order valence-corrected chi connectivity index (χ3v) is 3.88. The van der Waals surface area contributed by atoms with Crippen LogP contribution in [-0.4, -0.2) is 26.7 Å². The molecule has 25 heavy (non-hydrogen) atoms. The van der Waals surface area contributed by atoms with Crippen molar-refractivity contribution in [2.45, 2.75) is 6.61 Å². The van der Waals surface area contributed by atoms with Crippen LogP contribution in [0.3, 0.4) is 0 Å². The fraction of sp³-hybridized carbons (Fsp3) is 0.188. The average molecular weight is 437 g/mol. The minimum atomic E-state index is -3.06. The van der Waals surface area contributed by atoms with Crippen LogP contribution in [0, 0.1) is 0 Å². The second-order valence-corrected chi connectivity index (χ2v) is 5.99. The van der Waals surface area contributed by atoms with Gasteiger partial charge in [0.25, 0.3) is 5.91 Å². The maximum atomic E-state index is 12.6. The van der Waals surface area contributed by atoms with Gasteiger partial charge in [0.15, 0.2) is 5.75 Å². The van der Waals surface area contributed by atoms with Gasteiger partial charge in [-0.05, 0) is 40.2 Å². The Bertz CT molecular complexity index is 767. The molecule has 0 saturated carbocycles. The number of methoxy groups -OCH3 is 2. The number of halogens is 4. The molecular weight excluding hydrogens is 424 g/mol. The Morgan fingerprint density at radius 2 is 1.72 bits per heavy atom. The third kappa shape index (κ3) is 4.96. The van der Waals surface area contributed by atoms with Crippen molar-refractivity contribution in [1.29, 1.82) is 0 Å². The van der Waals surface area contributed by atoms with Gasteiger partial charge in [0, 0.05) is 16.7 Å². The molecule has 0 saturated heterocycles. The third-order valence-electron chi connectivity index (χ3n) is 3.08. The summed E-state index contributed by atoms with van der Waals surface area (Å²) in [6.45, 7) is -3.06. The van der Waals surface area contributed by atoms with Crippen molar-refractivity contribution in [2.75, 3.05) is 19.5 Å². The average Bonchev–Trinajstić information content (AvgIpc) is 2.57. The van der Waals surface area contributed by atoms with Crippen LogP contribution in [-0.2, 0) is 0 Å². The number of rotatable bonds is 6. The standard InChI is InChI=1S/C16H13BrClF2NO4/c1-23-10-3-8(4-11(7-10)24-2)15(22)21-13-6-9(18)5-12(17)14(13)25-16(19)20/h3-7,16H,1-2H3,(H,21,22). The first-order chi connectivity index (χ1) is 11.8. The number of benzene rings is 2. The first kappa shape index (κ1) is 19.3. The fourth-order valence-corrected chi connectivity index (χ4v) is 2.90. The van der Waals surface area contributed by atoms with Gasteiger partial charge in [-0.2, -0.15) is 8.78 Å². The summed E-state index contributed by atoms with van der Waals surface area (Å²) in [5.74, 6) is -0.00486. The number of alkyl halides is 2. The van der Waals surface area contributed by atoms with E-state index in [2.05, 4.69) is 26.0 Å². The highest BCUT2D eigenvalue weighted by Crippen LogP contribution is 2.38. The Morgan fingerprint density at radius 1 is 1.12 bits per heavy atom. The minimum absolute atomic E-state index is 0.00791. The fourth-order valence-electron chi connectivity index (χ4n) is 2.00. The molecule has 2 aromatic rings. The van der Waals surface area contributed by atoms with E-state index in [1.165, 1.54) is 38.5 Å². The monoisotopic (exact) mass is 435 g/mol. The zero-order valence-corrected chi connectivity index (χ0v) is 15.5. The van der Waals surface area contributed by atoms with E-state index < -0.39 is 12.5 Å². The summed E-state index contributed by atoms with van der Waals surface area (Å²) in [6.07, 6.45) is 0. The molecule has 1 amide bonds. The number of carbonyl (C=O) groups excluding carboxylic acids is 1. The van der Waals surface area contributed by atoms with E-state index in [4.69, 9.17) is 21.1 Å². The Hall–Kier alpha value is -2.06. The van der Waals surface area contributed by atoms with Crippen LogP contribution in [0.5, 0.6) is 17.2 Å². The van der Waals surface area contributed by atoms with Crippen molar-refractivity contribution in [2.24, 2.45) is 0 Å². The smallest absolute Gasteiger partial charge is 0.387 e. The molecular formula is C16H13BrClF2NO4. The molecule has 2 aromatic carbocycles. The van der Waals surface area contributed by atoms with E-state index in [1.807, 2.05) is 0 Å². The van der Waals surface area contributed by atoms with Crippen molar-refractivity contribution < 1.29 is 27.8 Å². The van der Waals surface area contributed by atoms with Crippen LogP contribution in [0.15, 0.2) is 34.8 Å².